The van der Waals surface area contributed by atoms with Gasteiger partial charge in [0.25, 0.3) is 0 Å². The van der Waals surface area contributed by atoms with Gasteiger partial charge in [-0.1, -0.05) is 60.7 Å². The van der Waals surface area contributed by atoms with Gasteiger partial charge in [0.05, 0.1) is 6.61 Å². The number of carbonyl (C=O) groups excluding carboxylic acids is 1. The molecule has 0 aromatic heterocycles. The molecule has 0 atom stereocenters. The van der Waals surface area contributed by atoms with Gasteiger partial charge in [0.1, 0.15) is 0 Å². The Kier molecular flexibility index (Phi) is 7.14. The van der Waals surface area contributed by atoms with Crippen molar-refractivity contribution in [3.63, 3.8) is 0 Å². The number of nitrogens with one attached hydrogen (secondary N) is 1. The topological polar surface area (TPSA) is 41.6 Å². The van der Waals surface area contributed by atoms with Gasteiger partial charge in [-0.05, 0) is 30.9 Å². The van der Waals surface area contributed by atoms with Gasteiger partial charge in [0, 0.05) is 13.1 Å². The van der Waals surface area contributed by atoms with Gasteiger partial charge in [-0.2, -0.15) is 0 Å². The molecule has 0 aliphatic carbocycles. The van der Waals surface area contributed by atoms with Crippen LogP contribution in [0.3, 0.4) is 0 Å². The largest absolute Gasteiger partial charge is 0.449 e. The minimum absolute atomic E-state index is 0.372. The van der Waals surface area contributed by atoms with Crippen molar-refractivity contribution in [1.82, 2.24) is 10.4 Å². The fourth-order valence-electron chi connectivity index (χ4n) is 2.33. The highest BCUT2D eigenvalue weighted by Crippen LogP contribution is 2.04. The third kappa shape index (κ3) is 6.53. The smallest absolute Gasteiger partial charge is 0.421 e. The second-order valence-corrected chi connectivity index (χ2v) is 5.29. The maximum atomic E-state index is 11.7. The Bertz CT molecular complexity index is 529. The Morgan fingerprint density at radius 2 is 1.39 bits per heavy atom. The number of amides is 1. The molecule has 2 rings (SSSR count). The molecular formula is C19H24N2O2. The molecule has 0 aliphatic rings. The van der Waals surface area contributed by atoms with E-state index in [1.165, 1.54) is 11.1 Å². The lowest BCUT2D eigenvalue weighted by Gasteiger charge is -2.22. The highest BCUT2D eigenvalue weighted by Gasteiger charge is 2.10. The van der Waals surface area contributed by atoms with Crippen molar-refractivity contribution in [3.8, 4) is 0 Å². The van der Waals surface area contributed by atoms with E-state index in [9.17, 15) is 4.79 Å². The molecule has 0 saturated carbocycles. The van der Waals surface area contributed by atoms with Crippen molar-refractivity contribution < 1.29 is 9.53 Å². The first-order chi connectivity index (χ1) is 11.3. The predicted octanol–water partition coefficient (Wildman–Crippen LogP) is 3.43. The van der Waals surface area contributed by atoms with E-state index in [2.05, 4.69) is 29.7 Å². The molecule has 1 amide bonds. The third-order valence-corrected chi connectivity index (χ3v) is 3.55. The average molecular weight is 312 g/mol. The number of nitrogens with zero attached hydrogens (tertiary/aromatic N) is 1. The Hall–Kier alpha value is -2.33. The average Bonchev–Trinajstić information content (AvgIpc) is 2.59. The van der Waals surface area contributed by atoms with Crippen LogP contribution >= 0.6 is 0 Å². The first kappa shape index (κ1) is 17.0. The van der Waals surface area contributed by atoms with Gasteiger partial charge in [-0.15, -0.1) is 0 Å². The summed E-state index contributed by atoms with van der Waals surface area (Å²) in [6.07, 6.45) is 1.36. The van der Waals surface area contributed by atoms with Crippen molar-refractivity contribution in [3.05, 3.63) is 71.8 Å². The molecule has 0 aliphatic heterocycles. The van der Waals surface area contributed by atoms with Gasteiger partial charge < -0.3 is 4.74 Å². The van der Waals surface area contributed by atoms with E-state index in [4.69, 9.17) is 4.74 Å². The molecular weight excluding hydrogens is 288 g/mol. The predicted molar refractivity (Wildman–Crippen MR) is 92.0 cm³/mol. The van der Waals surface area contributed by atoms with Crippen LogP contribution in [0.5, 0.6) is 0 Å². The highest BCUT2D eigenvalue weighted by molar-refractivity contribution is 5.66. The molecule has 2 aromatic carbocycles. The lowest BCUT2D eigenvalue weighted by molar-refractivity contribution is 0.110. The fraction of sp³-hybridized carbons (Fsp3) is 0.316. The fourth-order valence-corrected chi connectivity index (χ4v) is 2.33. The number of rotatable bonds is 8. The molecule has 1 N–H and O–H groups in total. The number of benzene rings is 2. The van der Waals surface area contributed by atoms with Gasteiger partial charge in [-0.25, -0.2) is 9.80 Å². The molecule has 4 nitrogen and oxygen atoms in total. The maximum absolute atomic E-state index is 11.7. The van der Waals surface area contributed by atoms with Crippen LogP contribution in [0.2, 0.25) is 0 Å². The maximum Gasteiger partial charge on any atom is 0.421 e. The number of hydrogen-bond donors (Lipinski definition) is 1. The molecule has 4 heteroatoms. The zero-order valence-electron chi connectivity index (χ0n) is 13.6. The van der Waals surface area contributed by atoms with Crippen LogP contribution in [0.1, 0.15) is 18.1 Å². The number of hydrogen-bond acceptors (Lipinski definition) is 3. The SMILES string of the molecule is CCOC(=O)NN(CCc1ccccc1)CCc1ccccc1. The molecule has 0 fully saturated rings. The first-order valence-electron chi connectivity index (χ1n) is 8.04. The summed E-state index contributed by atoms with van der Waals surface area (Å²) >= 11 is 0. The summed E-state index contributed by atoms with van der Waals surface area (Å²) in [6.45, 7) is 3.67. The van der Waals surface area contributed by atoms with Gasteiger partial charge >= 0.3 is 6.09 Å². The molecule has 0 unspecified atom stereocenters. The molecule has 0 saturated heterocycles. The normalized spacial score (nSPS) is 10.5. The minimum atomic E-state index is -0.395. The Balaban J connectivity index is 1.89. The minimum Gasteiger partial charge on any atom is -0.449 e. The first-order valence-corrected chi connectivity index (χ1v) is 8.04. The van der Waals surface area contributed by atoms with Crippen LogP contribution in [0.15, 0.2) is 60.7 Å². The zero-order valence-corrected chi connectivity index (χ0v) is 13.6. The summed E-state index contributed by atoms with van der Waals surface area (Å²) in [5.74, 6) is 0. The summed E-state index contributed by atoms with van der Waals surface area (Å²) in [7, 11) is 0. The van der Waals surface area contributed by atoms with Crippen LogP contribution < -0.4 is 5.43 Å². The van der Waals surface area contributed by atoms with E-state index in [-0.39, 0.29) is 0 Å². The van der Waals surface area contributed by atoms with Crippen molar-refractivity contribution in [2.45, 2.75) is 19.8 Å². The molecule has 2 aromatic rings. The number of hydrazine groups is 1. The lowest BCUT2D eigenvalue weighted by Crippen LogP contribution is -2.44. The summed E-state index contributed by atoms with van der Waals surface area (Å²) in [5.41, 5.74) is 5.34. The number of ether oxygens (including phenoxy) is 1. The van der Waals surface area contributed by atoms with Crippen molar-refractivity contribution in [1.29, 1.82) is 0 Å². The Morgan fingerprint density at radius 3 is 1.83 bits per heavy atom. The molecule has 0 radical (unpaired) electrons. The van der Waals surface area contributed by atoms with E-state index in [1.54, 1.807) is 6.92 Å². The van der Waals surface area contributed by atoms with Crippen molar-refractivity contribution >= 4 is 6.09 Å². The van der Waals surface area contributed by atoms with E-state index < -0.39 is 6.09 Å². The van der Waals surface area contributed by atoms with E-state index in [0.717, 1.165) is 25.9 Å². The molecule has 0 heterocycles. The van der Waals surface area contributed by atoms with Crippen LogP contribution in [0.25, 0.3) is 0 Å². The highest BCUT2D eigenvalue weighted by atomic mass is 16.6. The van der Waals surface area contributed by atoms with E-state index in [1.807, 2.05) is 41.4 Å². The molecule has 23 heavy (non-hydrogen) atoms. The lowest BCUT2D eigenvalue weighted by atomic mass is 10.1. The molecule has 0 bridgehead atoms. The van der Waals surface area contributed by atoms with Crippen LogP contribution in [-0.2, 0) is 17.6 Å². The third-order valence-electron chi connectivity index (χ3n) is 3.55. The van der Waals surface area contributed by atoms with Crippen LogP contribution in [0, 0.1) is 0 Å². The second-order valence-electron chi connectivity index (χ2n) is 5.29. The molecule has 0 spiro atoms. The van der Waals surface area contributed by atoms with Gasteiger partial charge in [0.2, 0.25) is 0 Å². The van der Waals surface area contributed by atoms with E-state index in [0.29, 0.717) is 6.61 Å². The monoisotopic (exact) mass is 312 g/mol. The summed E-state index contributed by atoms with van der Waals surface area (Å²) in [5, 5.41) is 1.93. The van der Waals surface area contributed by atoms with Crippen LogP contribution in [0.4, 0.5) is 4.79 Å². The van der Waals surface area contributed by atoms with Gasteiger partial charge in [0.15, 0.2) is 0 Å². The van der Waals surface area contributed by atoms with Crippen LogP contribution in [-0.4, -0.2) is 30.8 Å². The van der Waals surface area contributed by atoms with Crippen molar-refractivity contribution in [2.24, 2.45) is 0 Å². The van der Waals surface area contributed by atoms with E-state index >= 15 is 0 Å². The summed E-state index contributed by atoms with van der Waals surface area (Å²) < 4.78 is 4.98. The van der Waals surface area contributed by atoms with Gasteiger partial charge in [-0.3, -0.25) is 5.43 Å². The second kappa shape index (κ2) is 9.64. The summed E-state index contributed by atoms with van der Waals surface area (Å²) in [4.78, 5) is 11.7. The summed E-state index contributed by atoms with van der Waals surface area (Å²) in [6, 6.07) is 20.5. The molecule has 122 valence electrons. The zero-order chi connectivity index (χ0) is 16.3. The van der Waals surface area contributed by atoms with Crippen molar-refractivity contribution in [2.75, 3.05) is 19.7 Å². The quantitative estimate of drug-likeness (QED) is 0.759. The Morgan fingerprint density at radius 1 is 0.913 bits per heavy atom. The standard InChI is InChI=1S/C19H24N2O2/c1-2-23-19(22)20-21(15-13-17-9-5-3-6-10-17)16-14-18-11-7-4-8-12-18/h3-12H,2,13-16H2,1H3,(H,20,22). The Labute approximate surface area is 138 Å². The number of carbonyl (C=O) groups is 1.